The molecule has 2 atom stereocenters. The number of aliphatic hydroxyl groups excluding tert-OH is 3. The minimum Gasteiger partial charge on any atom is -0.424 e. The molecule has 1 aliphatic rings. The molecule has 0 aromatic carbocycles. The molecular formula is C10H9NO7. The van der Waals surface area contributed by atoms with Gasteiger partial charge in [-0.2, -0.15) is 0 Å². The first-order valence-corrected chi connectivity index (χ1v) is 4.93. The number of aliphatic hydroxyl groups is 3. The highest BCUT2D eigenvalue weighted by Crippen LogP contribution is 2.28. The Kier molecular flexibility index (Phi) is 3.24. The third kappa shape index (κ3) is 2.04. The lowest BCUT2D eigenvalue weighted by molar-refractivity contribution is -0.162. The number of hydrogen-bond donors (Lipinski definition) is 3. The maximum absolute atomic E-state index is 11.4. The van der Waals surface area contributed by atoms with Crippen molar-refractivity contribution in [3.63, 3.8) is 0 Å². The monoisotopic (exact) mass is 255 g/mol. The SMILES string of the molecule is O=C1Oc2ccnc(c2CO)OC(=O)C(O)C1O. The van der Waals surface area contributed by atoms with Gasteiger partial charge in [-0.3, -0.25) is 0 Å². The van der Waals surface area contributed by atoms with E-state index in [1.807, 2.05) is 0 Å². The van der Waals surface area contributed by atoms with Gasteiger partial charge in [-0.15, -0.1) is 0 Å². The standard InChI is InChI=1S/C10H9NO7/c12-3-4-5-1-2-11-8(4)18-10(16)7(14)6(13)9(15)17-5/h1-2,6-7,12-14H,3H2. The first kappa shape index (κ1) is 12.4. The summed E-state index contributed by atoms with van der Waals surface area (Å²) in [5.41, 5.74) is -0.0273. The van der Waals surface area contributed by atoms with E-state index in [0.717, 1.165) is 0 Å². The lowest BCUT2D eigenvalue weighted by Crippen LogP contribution is -2.43. The Morgan fingerprint density at radius 1 is 1.17 bits per heavy atom. The highest BCUT2D eigenvalue weighted by Gasteiger charge is 2.36. The summed E-state index contributed by atoms with van der Waals surface area (Å²) in [5.74, 6) is -2.89. The largest absolute Gasteiger partial charge is 0.424 e. The zero-order valence-corrected chi connectivity index (χ0v) is 8.94. The van der Waals surface area contributed by atoms with Crippen LogP contribution in [0.5, 0.6) is 11.6 Å². The van der Waals surface area contributed by atoms with Crippen LogP contribution in [0.15, 0.2) is 12.3 Å². The number of hydrogen-bond acceptors (Lipinski definition) is 8. The molecule has 0 radical (unpaired) electrons. The Balaban J connectivity index is 2.52. The van der Waals surface area contributed by atoms with Crippen LogP contribution in [0.2, 0.25) is 0 Å². The second kappa shape index (κ2) is 4.69. The zero-order chi connectivity index (χ0) is 13.3. The molecule has 0 saturated heterocycles. The third-order valence-corrected chi connectivity index (χ3v) is 2.32. The van der Waals surface area contributed by atoms with E-state index < -0.39 is 30.8 Å². The Hall–Kier alpha value is -2.03. The van der Waals surface area contributed by atoms with Gasteiger partial charge < -0.3 is 24.8 Å². The van der Waals surface area contributed by atoms with Crippen LogP contribution in [0.1, 0.15) is 5.56 Å². The molecule has 1 aromatic heterocycles. The summed E-state index contributed by atoms with van der Waals surface area (Å²) in [6, 6.07) is 1.26. The molecule has 2 bridgehead atoms. The number of fused-ring (bicyclic) bond motifs is 2. The van der Waals surface area contributed by atoms with E-state index >= 15 is 0 Å². The number of ether oxygens (including phenoxy) is 2. The predicted molar refractivity (Wildman–Crippen MR) is 53.4 cm³/mol. The molecule has 0 aliphatic carbocycles. The first-order chi connectivity index (χ1) is 8.54. The molecule has 2 rings (SSSR count). The van der Waals surface area contributed by atoms with Crippen molar-refractivity contribution in [1.82, 2.24) is 4.98 Å². The van der Waals surface area contributed by atoms with Gasteiger partial charge >= 0.3 is 11.9 Å². The van der Waals surface area contributed by atoms with E-state index in [9.17, 15) is 19.8 Å². The predicted octanol–water partition coefficient (Wildman–Crippen LogP) is -1.88. The third-order valence-electron chi connectivity index (χ3n) is 2.32. The van der Waals surface area contributed by atoms with Crippen LogP contribution in [0.25, 0.3) is 0 Å². The van der Waals surface area contributed by atoms with Crippen molar-refractivity contribution in [3.8, 4) is 11.6 Å². The maximum Gasteiger partial charge on any atom is 0.345 e. The van der Waals surface area contributed by atoms with Crippen LogP contribution in [0.4, 0.5) is 0 Å². The number of carbonyl (C=O) groups excluding carboxylic acids is 2. The Morgan fingerprint density at radius 3 is 2.39 bits per heavy atom. The van der Waals surface area contributed by atoms with Gasteiger partial charge in [-0.25, -0.2) is 14.6 Å². The van der Waals surface area contributed by atoms with Crippen LogP contribution in [-0.4, -0.2) is 44.5 Å². The molecule has 1 aromatic rings. The topological polar surface area (TPSA) is 126 Å². The minimum atomic E-state index is -2.08. The van der Waals surface area contributed by atoms with E-state index in [2.05, 4.69) is 9.72 Å². The van der Waals surface area contributed by atoms with Crippen molar-refractivity contribution in [3.05, 3.63) is 17.8 Å². The molecule has 8 heteroatoms. The fraction of sp³-hybridized carbons (Fsp3) is 0.300. The van der Waals surface area contributed by atoms with E-state index in [1.54, 1.807) is 0 Å². The van der Waals surface area contributed by atoms with Crippen molar-refractivity contribution in [2.24, 2.45) is 0 Å². The smallest absolute Gasteiger partial charge is 0.345 e. The molecule has 0 fully saturated rings. The fourth-order valence-corrected chi connectivity index (χ4v) is 1.37. The number of rotatable bonds is 1. The number of carbonyl (C=O) groups is 2. The molecular weight excluding hydrogens is 246 g/mol. The van der Waals surface area contributed by atoms with Crippen LogP contribution in [0.3, 0.4) is 0 Å². The lowest BCUT2D eigenvalue weighted by atomic mass is 10.2. The second-order valence-electron chi connectivity index (χ2n) is 3.48. The fourth-order valence-electron chi connectivity index (χ4n) is 1.37. The second-order valence-corrected chi connectivity index (χ2v) is 3.48. The maximum atomic E-state index is 11.4. The molecule has 3 N–H and O–H groups in total. The summed E-state index contributed by atoms with van der Waals surface area (Å²) in [6.45, 7) is -0.592. The van der Waals surface area contributed by atoms with Gasteiger partial charge in [-0.05, 0) is 6.07 Å². The molecule has 96 valence electrons. The summed E-state index contributed by atoms with van der Waals surface area (Å²) in [5, 5.41) is 27.8. The molecule has 1 aliphatic heterocycles. The van der Waals surface area contributed by atoms with Gasteiger partial charge in [-0.1, -0.05) is 0 Å². The Bertz CT molecular complexity index is 461. The molecule has 0 spiro atoms. The van der Waals surface area contributed by atoms with Crippen molar-refractivity contribution < 1.29 is 34.4 Å². The van der Waals surface area contributed by atoms with Crippen molar-refractivity contribution >= 4 is 11.9 Å². The number of esters is 2. The van der Waals surface area contributed by atoms with Gasteiger partial charge in [0.1, 0.15) is 5.75 Å². The van der Waals surface area contributed by atoms with Gasteiger partial charge in [0.05, 0.1) is 12.2 Å². The van der Waals surface area contributed by atoms with Crippen LogP contribution in [-0.2, 0) is 16.2 Å². The molecule has 2 unspecified atom stereocenters. The Morgan fingerprint density at radius 2 is 1.78 bits per heavy atom. The van der Waals surface area contributed by atoms with E-state index in [1.165, 1.54) is 12.3 Å². The van der Waals surface area contributed by atoms with Crippen molar-refractivity contribution in [2.75, 3.05) is 0 Å². The summed E-state index contributed by atoms with van der Waals surface area (Å²) >= 11 is 0. The van der Waals surface area contributed by atoms with Crippen LogP contribution in [0, 0.1) is 0 Å². The quantitative estimate of drug-likeness (QED) is 0.498. The average Bonchev–Trinajstić information content (AvgIpc) is 2.37. The summed E-state index contributed by atoms with van der Waals surface area (Å²) in [4.78, 5) is 26.5. The number of nitrogens with zero attached hydrogens (tertiary/aromatic N) is 1. The van der Waals surface area contributed by atoms with Crippen molar-refractivity contribution in [2.45, 2.75) is 18.8 Å². The van der Waals surface area contributed by atoms with E-state index in [4.69, 9.17) is 9.84 Å². The molecule has 18 heavy (non-hydrogen) atoms. The lowest BCUT2D eigenvalue weighted by Gasteiger charge is -2.12. The van der Waals surface area contributed by atoms with Crippen LogP contribution >= 0.6 is 0 Å². The van der Waals surface area contributed by atoms with E-state index in [-0.39, 0.29) is 17.2 Å². The van der Waals surface area contributed by atoms with Crippen molar-refractivity contribution in [1.29, 1.82) is 0 Å². The Labute approximate surface area is 100 Å². The highest BCUT2D eigenvalue weighted by molar-refractivity contribution is 5.88. The molecule has 0 amide bonds. The number of aromatic nitrogens is 1. The van der Waals surface area contributed by atoms with E-state index in [0.29, 0.717) is 0 Å². The van der Waals surface area contributed by atoms with Gasteiger partial charge in [0.25, 0.3) is 0 Å². The summed E-state index contributed by atoms with van der Waals surface area (Å²) < 4.78 is 9.42. The van der Waals surface area contributed by atoms with Gasteiger partial charge in [0.15, 0.2) is 12.2 Å². The molecule has 8 nitrogen and oxygen atoms in total. The van der Waals surface area contributed by atoms with Gasteiger partial charge in [0.2, 0.25) is 5.88 Å². The molecule has 2 heterocycles. The highest BCUT2D eigenvalue weighted by atomic mass is 16.6. The normalized spacial score (nSPS) is 23.5. The first-order valence-electron chi connectivity index (χ1n) is 4.93. The zero-order valence-electron chi connectivity index (χ0n) is 8.94. The van der Waals surface area contributed by atoms with Crippen LogP contribution < -0.4 is 9.47 Å². The summed E-state index contributed by atoms with van der Waals surface area (Å²) in [6.07, 6.45) is -2.97. The molecule has 0 saturated carbocycles. The van der Waals surface area contributed by atoms with Gasteiger partial charge in [0, 0.05) is 6.20 Å². The minimum absolute atomic E-state index is 0.0273. The summed E-state index contributed by atoms with van der Waals surface area (Å²) in [7, 11) is 0. The average molecular weight is 255 g/mol. The number of pyridine rings is 1.